The molecule has 0 amide bonds. The van der Waals surface area contributed by atoms with Crippen LogP contribution in [-0.4, -0.2) is 26.8 Å². The monoisotopic (exact) mass is 225 g/mol. The third-order valence-electron chi connectivity index (χ3n) is 1.59. The van der Waals surface area contributed by atoms with Crippen molar-refractivity contribution in [3.8, 4) is 0 Å². The molecule has 0 N–H and O–H groups in total. The average molecular weight is 225 g/mol. The molecule has 0 saturated heterocycles. The Morgan fingerprint density at radius 2 is 2.33 bits per heavy atom. The number of rotatable bonds is 2. The van der Waals surface area contributed by atoms with E-state index in [0.717, 1.165) is 0 Å². The molecule has 0 spiro atoms. The van der Waals surface area contributed by atoms with Crippen LogP contribution >= 0.6 is 8.03 Å². The van der Waals surface area contributed by atoms with Gasteiger partial charge in [0, 0.05) is 11.0 Å². The van der Waals surface area contributed by atoms with Crippen LogP contribution in [0, 0.1) is 0 Å². The smallest absolute Gasteiger partial charge is 0.261 e. The molecule has 0 saturated carbocycles. The summed E-state index contributed by atoms with van der Waals surface area (Å²) in [4.78, 5) is 16.0. The van der Waals surface area contributed by atoms with Gasteiger partial charge in [0.1, 0.15) is 5.52 Å². The van der Waals surface area contributed by atoms with E-state index in [1.165, 1.54) is 12.9 Å². The van der Waals surface area contributed by atoms with E-state index in [2.05, 4.69) is 19.9 Å². The summed E-state index contributed by atoms with van der Waals surface area (Å²) in [6.07, 6.45) is 1.46. The molecular formula is C7H6N4O3P+. The molecule has 0 radical (unpaired) electrons. The van der Waals surface area contributed by atoms with E-state index in [4.69, 9.17) is 0 Å². The summed E-state index contributed by atoms with van der Waals surface area (Å²) in [6, 6.07) is 3.25. The van der Waals surface area contributed by atoms with E-state index >= 15 is 0 Å². The van der Waals surface area contributed by atoms with E-state index < -0.39 is 13.6 Å². The lowest BCUT2D eigenvalue weighted by Crippen LogP contribution is -2.27. The van der Waals surface area contributed by atoms with Gasteiger partial charge in [-0.15, -0.1) is 9.72 Å². The minimum atomic E-state index is -1.97. The van der Waals surface area contributed by atoms with Crippen LogP contribution in [0.3, 0.4) is 0 Å². The molecule has 0 aliphatic carbocycles. The summed E-state index contributed by atoms with van der Waals surface area (Å²) in [5, 5.41) is 7.15. The molecule has 2 heterocycles. The average Bonchev–Trinajstić information content (AvgIpc) is 2.22. The van der Waals surface area contributed by atoms with Gasteiger partial charge in [0.2, 0.25) is 0 Å². The van der Waals surface area contributed by atoms with Crippen molar-refractivity contribution >= 4 is 19.1 Å². The lowest BCUT2D eigenvalue weighted by Gasteiger charge is -1.95. The number of aromatic nitrogens is 4. The van der Waals surface area contributed by atoms with Crippen molar-refractivity contribution in [3.05, 3.63) is 28.7 Å². The molecule has 7 nitrogen and oxygen atoms in total. The third kappa shape index (κ3) is 1.82. The largest absolute Gasteiger partial charge is 0.579 e. The van der Waals surface area contributed by atoms with Crippen molar-refractivity contribution in [2.75, 3.05) is 6.66 Å². The number of hydrogen-bond acceptors (Lipinski definition) is 6. The summed E-state index contributed by atoms with van der Waals surface area (Å²) < 4.78 is 15.4. The second-order valence-corrected chi connectivity index (χ2v) is 3.70. The first-order valence-electron chi connectivity index (χ1n) is 3.98. The maximum Gasteiger partial charge on any atom is 0.579 e. The van der Waals surface area contributed by atoms with Gasteiger partial charge in [0.05, 0.1) is 0 Å². The topological polar surface area (TPSA) is 87.0 Å². The standard InChI is InChI=1S/C7H6N4O3P/c1-15(13)14-11-7(12)6-5(9-10-11)3-2-4-8-6/h2-4H,1H3/q+1. The Kier molecular flexibility index (Phi) is 2.39. The maximum absolute atomic E-state index is 11.6. The fourth-order valence-corrected chi connectivity index (χ4v) is 1.35. The molecule has 2 aromatic rings. The predicted octanol–water partition coefficient (Wildman–Crippen LogP) is -0.0127. The molecule has 0 aliphatic rings. The molecule has 1 unspecified atom stereocenters. The highest BCUT2D eigenvalue weighted by atomic mass is 31.1. The highest BCUT2D eigenvalue weighted by Crippen LogP contribution is 2.08. The zero-order chi connectivity index (χ0) is 10.8. The first kappa shape index (κ1) is 9.67. The predicted molar refractivity (Wildman–Crippen MR) is 51.7 cm³/mol. The van der Waals surface area contributed by atoms with E-state index in [0.29, 0.717) is 10.4 Å². The molecule has 2 rings (SSSR count). The highest BCUT2D eigenvalue weighted by Gasteiger charge is 2.15. The van der Waals surface area contributed by atoms with Crippen LogP contribution < -0.4 is 10.2 Å². The summed E-state index contributed by atoms with van der Waals surface area (Å²) >= 11 is 0. The van der Waals surface area contributed by atoms with Gasteiger partial charge in [0.15, 0.2) is 12.2 Å². The van der Waals surface area contributed by atoms with E-state index in [1.54, 1.807) is 12.1 Å². The maximum atomic E-state index is 11.6. The summed E-state index contributed by atoms with van der Waals surface area (Å²) in [5.74, 6) is 0. The highest BCUT2D eigenvalue weighted by molar-refractivity contribution is 7.38. The summed E-state index contributed by atoms with van der Waals surface area (Å²) in [6.45, 7) is 1.31. The molecule has 1 atom stereocenters. The molecule has 15 heavy (non-hydrogen) atoms. The Balaban J connectivity index is 2.65. The normalized spacial score (nSPS) is 11.4. The van der Waals surface area contributed by atoms with Crippen LogP contribution in [0.15, 0.2) is 23.1 Å². The van der Waals surface area contributed by atoms with E-state index in [1.807, 2.05) is 0 Å². The van der Waals surface area contributed by atoms with Crippen LogP contribution in [0.1, 0.15) is 0 Å². The lowest BCUT2D eigenvalue weighted by molar-refractivity contribution is 0.222. The minimum Gasteiger partial charge on any atom is -0.261 e. The molecule has 0 fully saturated rings. The molecule has 0 aromatic carbocycles. The number of nitrogens with zero attached hydrogens (tertiary/aromatic N) is 4. The van der Waals surface area contributed by atoms with Gasteiger partial charge in [-0.1, -0.05) is 0 Å². The van der Waals surface area contributed by atoms with Gasteiger partial charge in [-0.2, -0.15) is 0 Å². The zero-order valence-corrected chi connectivity index (χ0v) is 8.59. The Morgan fingerprint density at radius 1 is 1.53 bits per heavy atom. The Labute approximate surface area is 84.5 Å². The van der Waals surface area contributed by atoms with Gasteiger partial charge in [-0.25, -0.2) is 4.98 Å². The molecule has 2 aromatic heterocycles. The first-order valence-corrected chi connectivity index (χ1v) is 5.61. The van der Waals surface area contributed by atoms with Gasteiger partial charge < -0.3 is 0 Å². The van der Waals surface area contributed by atoms with Gasteiger partial charge in [-0.05, 0) is 21.9 Å². The van der Waals surface area contributed by atoms with Crippen molar-refractivity contribution in [3.63, 3.8) is 0 Å². The van der Waals surface area contributed by atoms with Crippen molar-refractivity contribution in [1.29, 1.82) is 0 Å². The number of fused-ring (bicyclic) bond motifs is 1. The lowest BCUT2D eigenvalue weighted by atomic mass is 10.4. The molecule has 0 aliphatic heterocycles. The van der Waals surface area contributed by atoms with Gasteiger partial charge in [-0.3, -0.25) is 4.79 Å². The van der Waals surface area contributed by atoms with E-state index in [-0.39, 0.29) is 5.52 Å². The van der Waals surface area contributed by atoms with Gasteiger partial charge in [0.25, 0.3) is 0 Å². The SMILES string of the molecule is C[P+](=O)On1nnc2cccnc2c1=O. The van der Waals surface area contributed by atoms with Gasteiger partial charge >= 0.3 is 13.6 Å². The van der Waals surface area contributed by atoms with Crippen LogP contribution in [0.25, 0.3) is 11.0 Å². The second-order valence-electron chi connectivity index (χ2n) is 2.66. The first-order chi connectivity index (χ1) is 7.18. The van der Waals surface area contributed by atoms with Crippen LogP contribution in [0.2, 0.25) is 0 Å². The Bertz CT molecular complexity index is 582. The van der Waals surface area contributed by atoms with Crippen molar-refractivity contribution in [1.82, 2.24) is 20.1 Å². The second kappa shape index (κ2) is 3.70. The van der Waals surface area contributed by atoms with Crippen LogP contribution in [-0.2, 0) is 4.57 Å². The van der Waals surface area contributed by atoms with Crippen molar-refractivity contribution < 1.29 is 9.19 Å². The minimum absolute atomic E-state index is 0.129. The summed E-state index contributed by atoms with van der Waals surface area (Å²) in [5.41, 5.74) is -0.0798. The molecule has 8 heteroatoms. The Hall–Kier alpha value is -1.88. The fourth-order valence-electron chi connectivity index (χ4n) is 1.02. The Morgan fingerprint density at radius 3 is 3.07 bits per heavy atom. The number of hydrogen-bond donors (Lipinski definition) is 0. The zero-order valence-electron chi connectivity index (χ0n) is 7.69. The molecule has 76 valence electrons. The fraction of sp³-hybridized carbons (Fsp3) is 0.143. The molecular weight excluding hydrogens is 219 g/mol. The molecule has 0 bridgehead atoms. The third-order valence-corrected chi connectivity index (χ3v) is 1.97. The van der Waals surface area contributed by atoms with Crippen LogP contribution in [0.5, 0.6) is 0 Å². The van der Waals surface area contributed by atoms with Crippen molar-refractivity contribution in [2.45, 2.75) is 0 Å². The van der Waals surface area contributed by atoms with E-state index in [9.17, 15) is 9.36 Å². The number of pyridine rings is 1. The van der Waals surface area contributed by atoms with Crippen LogP contribution in [0.4, 0.5) is 0 Å². The van der Waals surface area contributed by atoms with Crippen molar-refractivity contribution in [2.24, 2.45) is 0 Å². The quantitative estimate of drug-likeness (QED) is 0.668. The summed E-state index contributed by atoms with van der Waals surface area (Å²) in [7, 11) is -1.97.